The quantitative estimate of drug-likeness (QED) is 0.683. The summed E-state index contributed by atoms with van der Waals surface area (Å²) in [6.07, 6.45) is 0.890. The van der Waals surface area contributed by atoms with E-state index in [1.165, 1.54) is 24.3 Å². The van der Waals surface area contributed by atoms with Crippen LogP contribution in [-0.2, 0) is 6.42 Å². The maximum Gasteiger partial charge on any atom is 0.269 e. The van der Waals surface area contributed by atoms with Crippen LogP contribution in [-0.4, -0.2) is 10.8 Å². The highest BCUT2D eigenvalue weighted by atomic mass is 16.6. The molecular weight excluding hydrogens is 256 g/mol. The van der Waals surface area contributed by atoms with Crippen LogP contribution in [0.15, 0.2) is 48.5 Å². The number of hydrogen-bond acceptors (Lipinski definition) is 3. The third-order valence-electron chi connectivity index (χ3n) is 2.93. The molecule has 0 bridgehead atoms. The van der Waals surface area contributed by atoms with Crippen LogP contribution in [0.25, 0.3) is 0 Å². The zero-order valence-corrected chi connectivity index (χ0v) is 11.0. The highest BCUT2D eigenvalue weighted by Crippen LogP contribution is 2.15. The van der Waals surface area contributed by atoms with Crippen molar-refractivity contribution < 1.29 is 9.72 Å². The Labute approximate surface area is 116 Å². The van der Waals surface area contributed by atoms with Gasteiger partial charge in [0, 0.05) is 23.4 Å². The van der Waals surface area contributed by atoms with E-state index >= 15 is 0 Å². The first-order chi connectivity index (χ1) is 9.60. The number of non-ortho nitro benzene ring substituents is 1. The van der Waals surface area contributed by atoms with Crippen LogP contribution < -0.4 is 5.32 Å². The van der Waals surface area contributed by atoms with Crippen molar-refractivity contribution in [1.29, 1.82) is 0 Å². The maximum absolute atomic E-state index is 12.0. The molecule has 2 aromatic carbocycles. The second-order valence-electron chi connectivity index (χ2n) is 4.31. The summed E-state index contributed by atoms with van der Waals surface area (Å²) in [4.78, 5) is 22.1. The Hall–Kier alpha value is -2.69. The van der Waals surface area contributed by atoms with Gasteiger partial charge in [0.1, 0.15) is 0 Å². The molecule has 0 aromatic heterocycles. The Bertz CT molecular complexity index is 636. The lowest BCUT2D eigenvalue weighted by Gasteiger charge is -2.06. The number of rotatable bonds is 4. The predicted molar refractivity (Wildman–Crippen MR) is 76.9 cm³/mol. The molecule has 0 saturated heterocycles. The summed E-state index contributed by atoms with van der Waals surface area (Å²) in [6, 6.07) is 13.1. The second kappa shape index (κ2) is 5.97. The summed E-state index contributed by atoms with van der Waals surface area (Å²) >= 11 is 0. The van der Waals surface area contributed by atoms with Crippen LogP contribution in [0.5, 0.6) is 0 Å². The molecule has 5 heteroatoms. The highest BCUT2D eigenvalue weighted by Gasteiger charge is 2.09. The number of nitrogens with zero attached hydrogens (tertiary/aromatic N) is 1. The van der Waals surface area contributed by atoms with Crippen molar-refractivity contribution in [2.75, 3.05) is 5.32 Å². The molecule has 0 aliphatic carbocycles. The third-order valence-corrected chi connectivity index (χ3v) is 2.93. The molecule has 0 fully saturated rings. The molecule has 1 amide bonds. The maximum atomic E-state index is 12.0. The molecule has 0 unspecified atom stereocenters. The van der Waals surface area contributed by atoms with Crippen molar-refractivity contribution in [1.82, 2.24) is 0 Å². The van der Waals surface area contributed by atoms with Gasteiger partial charge in [-0.05, 0) is 36.2 Å². The number of benzene rings is 2. The molecule has 5 nitrogen and oxygen atoms in total. The average molecular weight is 270 g/mol. The van der Waals surface area contributed by atoms with Crippen LogP contribution in [0.2, 0.25) is 0 Å². The Balaban J connectivity index is 2.13. The molecular formula is C15H14N2O3. The van der Waals surface area contributed by atoms with E-state index in [-0.39, 0.29) is 11.6 Å². The number of amides is 1. The highest BCUT2D eigenvalue weighted by molar-refractivity contribution is 6.04. The van der Waals surface area contributed by atoms with Crippen molar-refractivity contribution >= 4 is 17.3 Å². The largest absolute Gasteiger partial charge is 0.322 e. The summed E-state index contributed by atoms with van der Waals surface area (Å²) < 4.78 is 0. The molecule has 102 valence electrons. The fourth-order valence-corrected chi connectivity index (χ4v) is 1.81. The molecule has 0 heterocycles. The zero-order valence-electron chi connectivity index (χ0n) is 11.0. The molecule has 2 rings (SSSR count). The first-order valence-electron chi connectivity index (χ1n) is 6.25. The fraction of sp³-hybridized carbons (Fsp3) is 0.133. The minimum Gasteiger partial charge on any atom is -0.322 e. The molecule has 2 aromatic rings. The minimum atomic E-state index is -0.494. The van der Waals surface area contributed by atoms with Gasteiger partial charge in [-0.25, -0.2) is 0 Å². The fourth-order valence-electron chi connectivity index (χ4n) is 1.81. The Morgan fingerprint density at radius 2 is 1.90 bits per heavy atom. The summed E-state index contributed by atoms with van der Waals surface area (Å²) in [7, 11) is 0. The summed E-state index contributed by atoms with van der Waals surface area (Å²) in [6.45, 7) is 2.04. The van der Waals surface area contributed by atoms with E-state index in [2.05, 4.69) is 5.32 Å². The van der Waals surface area contributed by atoms with Gasteiger partial charge in [0.2, 0.25) is 0 Å². The molecule has 0 aliphatic heterocycles. The Kier molecular flexibility index (Phi) is 4.10. The van der Waals surface area contributed by atoms with Gasteiger partial charge in [-0.3, -0.25) is 14.9 Å². The SMILES string of the molecule is CCc1cccc(NC(=O)c2ccc([N+](=O)[O-])cc2)c1. The molecule has 20 heavy (non-hydrogen) atoms. The third kappa shape index (κ3) is 3.20. The Morgan fingerprint density at radius 1 is 1.20 bits per heavy atom. The zero-order chi connectivity index (χ0) is 14.5. The number of carbonyl (C=O) groups excluding carboxylic acids is 1. The van der Waals surface area contributed by atoms with E-state index in [1.807, 2.05) is 31.2 Å². The van der Waals surface area contributed by atoms with Crippen LogP contribution in [0.4, 0.5) is 11.4 Å². The van der Waals surface area contributed by atoms with Crippen LogP contribution >= 0.6 is 0 Å². The normalized spacial score (nSPS) is 10.1. The van der Waals surface area contributed by atoms with E-state index in [0.717, 1.165) is 12.0 Å². The van der Waals surface area contributed by atoms with Gasteiger partial charge in [-0.1, -0.05) is 19.1 Å². The van der Waals surface area contributed by atoms with E-state index in [0.29, 0.717) is 11.3 Å². The first kappa shape index (κ1) is 13.7. The van der Waals surface area contributed by atoms with Crippen molar-refractivity contribution in [3.05, 3.63) is 69.8 Å². The Morgan fingerprint density at radius 3 is 2.50 bits per heavy atom. The first-order valence-corrected chi connectivity index (χ1v) is 6.25. The van der Waals surface area contributed by atoms with Gasteiger partial charge in [0.25, 0.3) is 11.6 Å². The van der Waals surface area contributed by atoms with Gasteiger partial charge in [0.15, 0.2) is 0 Å². The smallest absolute Gasteiger partial charge is 0.269 e. The van der Waals surface area contributed by atoms with E-state index < -0.39 is 4.92 Å². The number of nitrogens with one attached hydrogen (secondary N) is 1. The number of hydrogen-bond donors (Lipinski definition) is 1. The van der Waals surface area contributed by atoms with Gasteiger partial charge >= 0.3 is 0 Å². The molecule has 0 spiro atoms. The number of nitro groups is 1. The summed E-state index contributed by atoms with van der Waals surface area (Å²) in [5.41, 5.74) is 2.20. The number of carbonyl (C=O) groups is 1. The number of anilines is 1. The minimum absolute atomic E-state index is 0.0328. The lowest BCUT2D eigenvalue weighted by Crippen LogP contribution is -2.11. The molecule has 0 aliphatic rings. The summed E-state index contributed by atoms with van der Waals surface area (Å²) in [5, 5.41) is 13.3. The van der Waals surface area contributed by atoms with E-state index in [4.69, 9.17) is 0 Å². The van der Waals surface area contributed by atoms with Gasteiger partial charge in [-0.15, -0.1) is 0 Å². The second-order valence-corrected chi connectivity index (χ2v) is 4.31. The van der Waals surface area contributed by atoms with E-state index in [1.54, 1.807) is 0 Å². The lowest BCUT2D eigenvalue weighted by molar-refractivity contribution is -0.384. The lowest BCUT2D eigenvalue weighted by atomic mass is 10.1. The topological polar surface area (TPSA) is 72.2 Å². The molecule has 0 radical (unpaired) electrons. The monoisotopic (exact) mass is 270 g/mol. The van der Waals surface area contributed by atoms with Gasteiger partial charge in [0.05, 0.1) is 4.92 Å². The van der Waals surface area contributed by atoms with Gasteiger partial charge in [-0.2, -0.15) is 0 Å². The van der Waals surface area contributed by atoms with Crippen molar-refractivity contribution in [2.45, 2.75) is 13.3 Å². The summed E-state index contributed by atoms with van der Waals surface area (Å²) in [5.74, 6) is -0.284. The predicted octanol–water partition coefficient (Wildman–Crippen LogP) is 3.41. The van der Waals surface area contributed by atoms with Crippen molar-refractivity contribution in [3.8, 4) is 0 Å². The van der Waals surface area contributed by atoms with Crippen molar-refractivity contribution in [2.24, 2.45) is 0 Å². The van der Waals surface area contributed by atoms with Gasteiger partial charge < -0.3 is 5.32 Å². The van der Waals surface area contributed by atoms with Crippen LogP contribution in [0.3, 0.4) is 0 Å². The standard InChI is InChI=1S/C15H14N2O3/c1-2-11-4-3-5-13(10-11)16-15(18)12-6-8-14(9-7-12)17(19)20/h3-10H,2H2,1H3,(H,16,18). The van der Waals surface area contributed by atoms with E-state index in [9.17, 15) is 14.9 Å². The number of nitro benzene ring substituents is 1. The molecule has 1 N–H and O–H groups in total. The average Bonchev–Trinajstić information content (AvgIpc) is 2.47. The molecule has 0 atom stereocenters. The van der Waals surface area contributed by atoms with Crippen LogP contribution in [0, 0.1) is 10.1 Å². The number of aryl methyl sites for hydroxylation is 1. The molecule has 0 saturated carbocycles. The van der Waals surface area contributed by atoms with Crippen molar-refractivity contribution in [3.63, 3.8) is 0 Å². The van der Waals surface area contributed by atoms with Crippen LogP contribution in [0.1, 0.15) is 22.8 Å².